The van der Waals surface area contributed by atoms with Crippen molar-refractivity contribution in [2.75, 3.05) is 33.8 Å². The van der Waals surface area contributed by atoms with Crippen LogP contribution >= 0.6 is 0 Å². The van der Waals surface area contributed by atoms with Gasteiger partial charge in [-0.25, -0.2) is 0 Å². The molecule has 0 saturated heterocycles. The number of fused-ring (bicyclic) bond motifs is 1. The minimum Gasteiger partial charge on any atom is -0.493 e. The first kappa shape index (κ1) is 22.6. The van der Waals surface area contributed by atoms with Crippen molar-refractivity contribution in [2.24, 2.45) is 0 Å². The number of ether oxygens (including phenoxy) is 4. The number of H-pyrrole nitrogens is 2. The molecule has 35 heavy (non-hydrogen) atoms. The monoisotopic (exact) mass is 477 g/mol. The molecule has 1 aromatic heterocycles. The molecule has 0 amide bonds. The van der Waals surface area contributed by atoms with Crippen LogP contribution < -0.4 is 29.8 Å². The number of Topliss-reactive ketones (excluding diaryl/α,β-unsaturated/α-hetero) is 1. The lowest BCUT2D eigenvalue weighted by Crippen LogP contribution is -2.31. The summed E-state index contributed by atoms with van der Waals surface area (Å²) >= 11 is 0. The molecule has 0 spiro atoms. The highest BCUT2D eigenvalue weighted by Crippen LogP contribution is 2.48. The van der Waals surface area contributed by atoms with Gasteiger partial charge in [0.05, 0.1) is 34.0 Å². The molecule has 3 N–H and O–H groups in total. The summed E-state index contributed by atoms with van der Waals surface area (Å²) in [4.78, 5) is 26.4. The number of ketones is 1. The molecule has 2 heterocycles. The first-order valence-electron chi connectivity index (χ1n) is 11.3. The van der Waals surface area contributed by atoms with Gasteiger partial charge in [0.2, 0.25) is 0 Å². The number of rotatable bonds is 6. The van der Waals surface area contributed by atoms with Crippen molar-refractivity contribution in [3.8, 4) is 23.0 Å². The van der Waals surface area contributed by atoms with Gasteiger partial charge in [-0.15, -0.1) is 0 Å². The average molecular weight is 478 g/mol. The maximum atomic E-state index is 13.7. The van der Waals surface area contributed by atoms with Crippen LogP contribution in [0.25, 0.3) is 0 Å². The van der Waals surface area contributed by atoms with E-state index in [1.54, 1.807) is 34.5 Å². The molecule has 2 atom stereocenters. The zero-order valence-electron chi connectivity index (χ0n) is 20.0. The minimum absolute atomic E-state index is 0.00966. The van der Waals surface area contributed by atoms with E-state index in [0.29, 0.717) is 52.8 Å². The molecule has 5 rings (SSSR count). The summed E-state index contributed by atoms with van der Waals surface area (Å²) in [7, 11) is 6.31. The zero-order chi connectivity index (χ0) is 24.7. The van der Waals surface area contributed by atoms with Gasteiger partial charge >= 0.3 is 0 Å². The molecule has 3 aromatic rings. The Kier molecular flexibility index (Phi) is 5.76. The van der Waals surface area contributed by atoms with E-state index in [-0.39, 0.29) is 17.3 Å². The lowest BCUT2D eigenvalue weighted by atomic mass is 9.72. The largest absolute Gasteiger partial charge is 0.493 e. The number of carbonyl (C=O) groups is 1. The lowest BCUT2D eigenvalue weighted by Gasteiger charge is -2.34. The Bertz CT molecular complexity index is 1390. The third kappa shape index (κ3) is 3.73. The lowest BCUT2D eigenvalue weighted by molar-refractivity contribution is -0.116. The molecular weight excluding hydrogens is 450 g/mol. The van der Waals surface area contributed by atoms with Crippen LogP contribution in [0.3, 0.4) is 0 Å². The summed E-state index contributed by atoms with van der Waals surface area (Å²) in [6, 6.07) is 11.2. The maximum Gasteiger partial charge on any atom is 0.270 e. The second kappa shape index (κ2) is 8.90. The predicted molar refractivity (Wildman–Crippen MR) is 130 cm³/mol. The molecule has 0 bridgehead atoms. The Morgan fingerprint density at radius 2 is 1.34 bits per heavy atom. The SMILES string of the molecule is COc1ccc([C@@H]2CC(=O)C3=C(C2)Nc2[nH][nH]c(=O)c2[C@H]3c2ccc(OC)c(OC)c2)cc1OC. The highest BCUT2D eigenvalue weighted by atomic mass is 16.5. The number of carbonyl (C=O) groups excluding carboxylic acids is 1. The molecule has 0 unspecified atom stereocenters. The summed E-state index contributed by atoms with van der Waals surface area (Å²) < 4.78 is 21.7. The quantitative estimate of drug-likeness (QED) is 0.496. The van der Waals surface area contributed by atoms with Gasteiger partial charge in [0.25, 0.3) is 5.56 Å². The van der Waals surface area contributed by atoms with Gasteiger partial charge in [0.15, 0.2) is 28.8 Å². The first-order chi connectivity index (χ1) is 17.0. The van der Waals surface area contributed by atoms with E-state index in [1.165, 1.54) is 0 Å². The second-order valence-corrected chi connectivity index (χ2v) is 8.58. The highest BCUT2D eigenvalue weighted by Gasteiger charge is 2.40. The van der Waals surface area contributed by atoms with Crippen molar-refractivity contribution in [3.05, 3.63) is 74.7 Å². The number of anilines is 1. The number of aromatic amines is 2. The molecule has 1 aliphatic heterocycles. The Morgan fingerprint density at radius 1 is 0.743 bits per heavy atom. The number of nitrogens with one attached hydrogen (secondary N) is 3. The van der Waals surface area contributed by atoms with Crippen molar-refractivity contribution in [2.45, 2.75) is 24.7 Å². The molecule has 182 valence electrons. The summed E-state index contributed by atoms with van der Waals surface area (Å²) in [5.41, 5.74) is 3.37. The van der Waals surface area contributed by atoms with Crippen LogP contribution in [0.5, 0.6) is 23.0 Å². The molecule has 0 radical (unpaired) electrons. The van der Waals surface area contributed by atoms with Crippen LogP contribution in [0.4, 0.5) is 5.82 Å². The van der Waals surface area contributed by atoms with E-state index < -0.39 is 5.92 Å². The average Bonchev–Trinajstić information content (AvgIpc) is 3.26. The number of allylic oxidation sites excluding steroid dienone is 2. The van der Waals surface area contributed by atoms with Crippen LogP contribution in [0.1, 0.15) is 41.4 Å². The van der Waals surface area contributed by atoms with Gasteiger partial charge in [0, 0.05) is 23.6 Å². The third-order valence-electron chi connectivity index (χ3n) is 6.80. The van der Waals surface area contributed by atoms with E-state index in [0.717, 1.165) is 16.8 Å². The summed E-state index contributed by atoms with van der Waals surface area (Å²) in [6.45, 7) is 0. The molecule has 1 aliphatic carbocycles. The van der Waals surface area contributed by atoms with Crippen molar-refractivity contribution >= 4 is 11.6 Å². The van der Waals surface area contributed by atoms with Crippen molar-refractivity contribution in [1.29, 1.82) is 0 Å². The van der Waals surface area contributed by atoms with Crippen molar-refractivity contribution < 1.29 is 23.7 Å². The summed E-state index contributed by atoms with van der Waals surface area (Å²) in [6.07, 6.45) is 0.921. The van der Waals surface area contributed by atoms with Gasteiger partial charge in [0.1, 0.15) is 5.82 Å². The predicted octanol–water partition coefficient (Wildman–Crippen LogP) is 3.70. The van der Waals surface area contributed by atoms with E-state index >= 15 is 0 Å². The van der Waals surface area contributed by atoms with Crippen LogP contribution in [-0.4, -0.2) is 44.4 Å². The molecule has 2 aromatic carbocycles. The van der Waals surface area contributed by atoms with E-state index in [1.807, 2.05) is 30.3 Å². The van der Waals surface area contributed by atoms with Gasteiger partial charge < -0.3 is 24.3 Å². The second-order valence-electron chi connectivity index (χ2n) is 8.58. The zero-order valence-corrected chi connectivity index (χ0v) is 20.0. The minimum atomic E-state index is -0.532. The van der Waals surface area contributed by atoms with Crippen LogP contribution in [0.15, 0.2) is 52.5 Å². The summed E-state index contributed by atoms with van der Waals surface area (Å²) in [5.74, 6) is 2.34. The Labute approximate surface area is 202 Å². The fourth-order valence-electron chi connectivity index (χ4n) is 5.13. The third-order valence-corrected chi connectivity index (χ3v) is 6.80. The van der Waals surface area contributed by atoms with Crippen LogP contribution in [0, 0.1) is 0 Å². The molecule has 0 saturated carbocycles. The molecular formula is C26H27N3O6. The number of benzene rings is 2. The number of methoxy groups -OCH3 is 4. The molecule has 2 aliphatic rings. The standard InChI is InChI=1S/C26H27N3O6/c1-32-18-7-5-13(11-20(18)34-3)15-9-16-23(17(30)10-15)22(24-25(27-16)28-29-26(24)31)14-6-8-19(33-2)21(12-14)35-4/h5-8,11-12,15,22H,9-10H2,1-4H3,(H3,27,28,29,31)/t15-,22-/m0/s1. The Morgan fingerprint density at radius 3 is 1.97 bits per heavy atom. The summed E-state index contributed by atoms with van der Waals surface area (Å²) in [5, 5.41) is 8.90. The highest BCUT2D eigenvalue weighted by molar-refractivity contribution is 6.01. The van der Waals surface area contributed by atoms with E-state index in [4.69, 9.17) is 18.9 Å². The topological polar surface area (TPSA) is 115 Å². The van der Waals surface area contributed by atoms with Crippen molar-refractivity contribution in [3.63, 3.8) is 0 Å². The maximum absolute atomic E-state index is 13.7. The first-order valence-corrected chi connectivity index (χ1v) is 11.3. The van der Waals surface area contributed by atoms with Gasteiger partial charge in [-0.1, -0.05) is 12.1 Å². The fourth-order valence-corrected chi connectivity index (χ4v) is 5.13. The van der Waals surface area contributed by atoms with Crippen LogP contribution in [0.2, 0.25) is 0 Å². The van der Waals surface area contributed by atoms with Crippen molar-refractivity contribution in [1.82, 2.24) is 10.2 Å². The smallest absolute Gasteiger partial charge is 0.270 e. The van der Waals surface area contributed by atoms with Gasteiger partial charge in [-0.3, -0.25) is 19.8 Å². The molecule has 0 fully saturated rings. The number of hydrogen-bond acceptors (Lipinski definition) is 7. The van der Waals surface area contributed by atoms with Crippen LogP contribution in [-0.2, 0) is 4.79 Å². The molecule has 9 nitrogen and oxygen atoms in total. The van der Waals surface area contributed by atoms with Gasteiger partial charge in [-0.05, 0) is 47.7 Å². The normalized spacial score (nSPS) is 18.9. The van der Waals surface area contributed by atoms with E-state index in [9.17, 15) is 9.59 Å². The number of hydrogen-bond donors (Lipinski definition) is 3. The molecule has 9 heteroatoms. The van der Waals surface area contributed by atoms with E-state index in [2.05, 4.69) is 15.5 Å². The Hall–Kier alpha value is -4.14. The van der Waals surface area contributed by atoms with Gasteiger partial charge in [-0.2, -0.15) is 0 Å². The Balaban J connectivity index is 1.60. The number of aromatic nitrogens is 2. The fraction of sp³-hybridized carbons (Fsp3) is 0.308.